The molecule has 4 heteroatoms. The summed E-state index contributed by atoms with van der Waals surface area (Å²) in [6.07, 6.45) is 1.20. The first-order valence-electron chi connectivity index (χ1n) is 4.65. The van der Waals surface area contributed by atoms with Gasteiger partial charge in [0, 0.05) is 24.1 Å². The number of ketones is 1. The van der Waals surface area contributed by atoms with Crippen LogP contribution >= 0.6 is 15.9 Å². The Morgan fingerprint density at radius 3 is 2.44 bits per heavy atom. The molecule has 0 aliphatic heterocycles. The van der Waals surface area contributed by atoms with Gasteiger partial charge in [0.25, 0.3) is 5.91 Å². The SMILES string of the molecule is C=CC(=O)c1cc(Br)ccc1C(=O)N(C)C. The van der Waals surface area contributed by atoms with Gasteiger partial charge in [0.1, 0.15) is 0 Å². The molecule has 1 rings (SSSR count). The van der Waals surface area contributed by atoms with E-state index >= 15 is 0 Å². The Morgan fingerprint density at radius 2 is 1.94 bits per heavy atom. The van der Waals surface area contributed by atoms with Crippen molar-refractivity contribution in [2.24, 2.45) is 0 Å². The Kier molecular flexibility index (Phi) is 4.01. The summed E-state index contributed by atoms with van der Waals surface area (Å²) in [6.45, 7) is 3.42. The minimum Gasteiger partial charge on any atom is -0.345 e. The third-order valence-electron chi connectivity index (χ3n) is 2.07. The van der Waals surface area contributed by atoms with E-state index in [4.69, 9.17) is 0 Å². The quantitative estimate of drug-likeness (QED) is 0.631. The number of benzene rings is 1. The van der Waals surface area contributed by atoms with E-state index in [2.05, 4.69) is 22.5 Å². The Hall–Kier alpha value is -1.42. The van der Waals surface area contributed by atoms with E-state index in [1.165, 1.54) is 11.0 Å². The minimum absolute atomic E-state index is 0.197. The number of amides is 1. The van der Waals surface area contributed by atoms with Gasteiger partial charge >= 0.3 is 0 Å². The van der Waals surface area contributed by atoms with Crippen LogP contribution in [-0.4, -0.2) is 30.7 Å². The van der Waals surface area contributed by atoms with Gasteiger partial charge < -0.3 is 4.90 Å². The number of hydrogen-bond acceptors (Lipinski definition) is 2. The molecule has 0 aromatic heterocycles. The molecule has 1 aromatic rings. The predicted molar refractivity (Wildman–Crippen MR) is 66.7 cm³/mol. The maximum absolute atomic E-state index is 11.8. The molecule has 0 spiro atoms. The van der Waals surface area contributed by atoms with Crippen molar-refractivity contribution in [3.63, 3.8) is 0 Å². The highest BCUT2D eigenvalue weighted by molar-refractivity contribution is 9.10. The van der Waals surface area contributed by atoms with Crippen molar-refractivity contribution >= 4 is 27.6 Å². The lowest BCUT2D eigenvalue weighted by Gasteiger charge is -2.13. The Balaban J connectivity index is 3.33. The molecule has 0 atom stereocenters. The Bertz CT molecular complexity index is 452. The maximum Gasteiger partial charge on any atom is 0.254 e. The van der Waals surface area contributed by atoms with Gasteiger partial charge in [-0.2, -0.15) is 0 Å². The fourth-order valence-corrected chi connectivity index (χ4v) is 1.62. The summed E-state index contributed by atoms with van der Waals surface area (Å²) in [7, 11) is 3.29. The summed E-state index contributed by atoms with van der Waals surface area (Å²) < 4.78 is 0.757. The number of carbonyl (C=O) groups is 2. The second-order valence-corrected chi connectivity index (χ2v) is 4.37. The van der Waals surface area contributed by atoms with Gasteiger partial charge in [0.05, 0.1) is 5.56 Å². The summed E-state index contributed by atoms with van der Waals surface area (Å²) >= 11 is 3.27. The van der Waals surface area contributed by atoms with Crippen LogP contribution in [-0.2, 0) is 0 Å². The number of allylic oxidation sites excluding steroid dienone is 1. The molecule has 16 heavy (non-hydrogen) atoms. The smallest absolute Gasteiger partial charge is 0.254 e. The molecule has 1 aromatic carbocycles. The molecule has 0 aliphatic carbocycles. The van der Waals surface area contributed by atoms with Crippen LogP contribution in [0.25, 0.3) is 0 Å². The molecule has 3 nitrogen and oxygen atoms in total. The third-order valence-corrected chi connectivity index (χ3v) is 2.56. The molecule has 0 saturated heterocycles. The van der Waals surface area contributed by atoms with E-state index in [-0.39, 0.29) is 11.7 Å². The average molecular weight is 282 g/mol. The summed E-state index contributed by atoms with van der Waals surface area (Å²) in [4.78, 5) is 24.9. The number of nitrogens with zero attached hydrogens (tertiary/aromatic N) is 1. The average Bonchev–Trinajstić information content (AvgIpc) is 2.26. The first kappa shape index (κ1) is 12.6. The summed E-state index contributed by atoms with van der Waals surface area (Å²) in [6, 6.07) is 4.99. The van der Waals surface area contributed by atoms with Crippen LogP contribution in [0.3, 0.4) is 0 Å². The van der Waals surface area contributed by atoms with Crippen LogP contribution in [0.2, 0.25) is 0 Å². The molecular formula is C12H12BrNO2. The molecule has 0 bridgehead atoms. The highest BCUT2D eigenvalue weighted by Gasteiger charge is 2.16. The van der Waals surface area contributed by atoms with E-state index in [0.717, 1.165) is 4.47 Å². The van der Waals surface area contributed by atoms with Crippen molar-refractivity contribution in [2.45, 2.75) is 0 Å². The zero-order chi connectivity index (χ0) is 12.3. The number of carbonyl (C=O) groups excluding carboxylic acids is 2. The first-order valence-corrected chi connectivity index (χ1v) is 5.44. The van der Waals surface area contributed by atoms with Gasteiger partial charge in [-0.3, -0.25) is 9.59 Å². The monoisotopic (exact) mass is 281 g/mol. The van der Waals surface area contributed by atoms with Crippen molar-refractivity contribution in [2.75, 3.05) is 14.1 Å². The van der Waals surface area contributed by atoms with Gasteiger partial charge in [-0.25, -0.2) is 0 Å². The lowest BCUT2D eigenvalue weighted by Crippen LogP contribution is -2.23. The molecule has 0 heterocycles. The Labute approximate surface area is 103 Å². The van der Waals surface area contributed by atoms with Gasteiger partial charge in [-0.15, -0.1) is 0 Å². The fourth-order valence-electron chi connectivity index (χ4n) is 1.26. The number of hydrogen-bond donors (Lipinski definition) is 0. The van der Waals surface area contributed by atoms with Gasteiger partial charge in [0.15, 0.2) is 5.78 Å². The molecule has 0 radical (unpaired) electrons. The number of rotatable bonds is 3. The van der Waals surface area contributed by atoms with Crippen LogP contribution in [0.5, 0.6) is 0 Å². The molecular weight excluding hydrogens is 270 g/mol. The first-order chi connectivity index (χ1) is 7.47. The summed E-state index contributed by atoms with van der Waals surface area (Å²) in [5.41, 5.74) is 0.751. The van der Waals surface area contributed by atoms with E-state index in [1.807, 2.05) is 0 Å². The predicted octanol–water partition coefficient (Wildman–Crippen LogP) is 2.52. The van der Waals surface area contributed by atoms with Crippen LogP contribution in [0.1, 0.15) is 20.7 Å². The Morgan fingerprint density at radius 1 is 1.31 bits per heavy atom. The second kappa shape index (κ2) is 5.07. The van der Waals surface area contributed by atoms with Gasteiger partial charge in [0.2, 0.25) is 0 Å². The lowest BCUT2D eigenvalue weighted by atomic mass is 10.0. The van der Waals surface area contributed by atoms with Crippen molar-refractivity contribution in [3.8, 4) is 0 Å². The number of halogens is 1. The van der Waals surface area contributed by atoms with Gasteiger partial charge in [-0.05, 0) is 24.3 Å². The zero-order valence-electron chi connectivity index (χ0n) is 9.16. The van der Waals surface area contributed by atoms with Gasteiger partial charge in [-0.1, -0.05) is 22.5 Å². The van der Waals surface area contributed by atoms with Crippen molar-refractivity contribution in [3.05, 3.63) is 46.5 Å². The standard InChI is InChI=1S/C12H12BrNO2/c1-4-11(15)10-7-8(13)5-6-9(10)12(16)14(2)3/h4-7H,1H2,2-3H3. The highest BCUT2D eigenvalue weighted by atomic mass is 79.9. The normalized spacial score (nSPS) is 9.69. The van der Waals surface area contributed by atoms with Crippen LogP contribution < -0.4 is 0 Å². The lowest BCUT2D eigenvalue weighted by molar-refractivity contribution is 0.0822. The van der Waals surface area contributed by atoms with E-state index in [0.29, 0.717) is 11.1 Å². The molecule has 84 valence electrons. The van der Waals surface area contributed by atoms with E-state index in [9.17, 15) is 9.59 Å². The summed E-state index contributed by atoms with van der Waals surface area (Å²) in [5, 5.41) is 0. The van der Waals surface area contributed by atoms with Crippen LogP contribution in [0.4, 0.5) is 0 Å². The largest absolute Gasteiger partial charge is 0.345 e. The molecule has 1 amide bonds. The highest BCUT2D eigenvalue weighted by Crippen LogP contribution is 2.18. The van der Waals surface area contributed by atoms with Crippen LogP contribution in [0.15, 0.2) is 35.3 Å². The molecule has 0 fully saturated rings. The molecule has 0 aliphatic rings. The fraction of sp³-hybridized carbons (Fsp3) is 0.167. The third kappa shape index (κ3) is 2.58. The van der Waals surface area contributed by atoms with E-state index < -0.39 is 0 Å². The molecule has 0 unspecified atom stereocenters. The maximum atomic E-state index is 11.8. The van der Waals surface area contributed by atoms with Crippen LogP contribution in [0, 0.1) is 0 Å². The second-order valence-electron chi connectivity index (χ2n) is 3.46. The van der Waals surface area contributed by atoms with E-state index in [1.54, 1.807) is 32.3 Å². The topological polar surface area (TPSA) is 37.4 Å². The molecule has 0 saturated carbocycles. The molecule has 0 N–H and O–H groups in total. The van der Waals surface area contributed by atoms with Crippen molar-refractivity contribution < 1.29 is 9.59 Å². The van der Waals surface area contributed by atoms with Crippen molar-refractivity contribution in [1.29, 1.82) is 0 Å². The summed E-state index contributed by atoms with van der Waals surface area (Å²) in [5.74, 6) is -0.454. The zero-order valence-corrected chi connectivity index (χ0v) is 10.7. The van der Waals surface area contributed by atoms with Crippen molar-refractivity contribution in [1.82, 2.24) is 4.90 Å². The minimum atomic E-state index is -0.258.